The Hall–Kier alpha value is -1.24. The summed E-state index contributed by atoms with van der Waals surface area (Å²) in [5, 5.41) is 1.33. The van der Waals surface area contributed by atoms with E-state index < -0.39 is 0 Å². The minimum Gasteiger partial charge on any atom is -0.361 e. The highest BCUT2D eigenvalue weighted by Crippen LogP contribution is 2.17. The molecule has 0 radical (unpaired) electrons. The highest BCUT2D eigenvalue weighted by atomic mass is 14.7. The predicted octanol–water partition coefficient (Wildman–Crippen LogP) is 4.84. The highest BCUT2D eigenvalue weighted by Gasteiger charge is 1.97. The van der Waals surface area contributed by atoms with Crippen LogP contribution in [0.4, 0.5) is 0 Å². The normalized spacial score (nSPS) is 8.67. The number of aromatic nitrogens is 1. The fourth-order valence-corrected chi connectivity index (χ4v) is 1.39. The first-order valence-corrected chi connectivity index (χ1v) is 5.82. The van der Waals surface area contributed by atoms with Gasteiger partial charge in [-0.2, -0.15) is 0 Å². The summed E-state index contributed by atoms with van der Waals surface area (Å²) < 4.78 is 0. The summed E-state index contributed by atoms with van der Waals surface area (Å²) in [6.07, 6.45) is 2.05. The Balaban J connectivity index is 0.000000442. The Kier molecular flexibility index (Phi) is 6.52. The molecule has 0 atom stereocenters. The van der Waals surface area contributed by atoms with Crippen molar-refractivity contribution in [3.05, 3.63) is 35.5 Å². The maximum absolute atomic E-state index is 3.23. The number of fused-ring (bicyclic) bond motifs is 1. The Morgan fingerprint density at radius 3 is 2.13 bits per heavy atom. The second-order valence-corrected chi connectivity index (χ2v) is 3.02. The largest absolute Gasteiger partial charge is 0.361 e. The highest BCUT2D eigenvalue weighted by molar-refractivity contribution is 5.83. The van der Waals surface area contributed by atoms with Crippen LogP contribution in [-0.4, -0.2) is 4.98 Å². The van der Waals surface area contributed by atoms with Gasteiger partial charge in [0.2, 0.25) is 0 Å². The molecule has 0 bridgehead atoms. The van der Waals surface area contributed by atoms with E-state index in [9.17, 15) is 0 Å². The van der Waals surface area contributed by atoms with Crippen molar-refractivity contribution in [2.75, 3.05) is 0 Å². The van der Waals surface area contributed by atoms with Gasteiger partial charge in [-0.1, -0.05) is 39.8 Å². The molecule has 15 heavy (non-hydrogen) atoms. The second-order valence-electron chi connectivity index (χ2n) is 3.02. The summed E-state index contributed by atoms with van der Waals surface area (Å²) in [5.74, 6) is 0. The number of rotatable bonds is 0. The van der Waals surface area contributed by atoms with Crippen LogP contribution in [0, 0.1) is 13.8 Å². The first kappa shape index (κ1) is 13.8. The average molecular weight is 205 g/mol. The van der Waals surface area contributed by atoms with E-state index in [1.807, 2.05) is 33.9 Å². The maximum atomic E-state index is 3.23. The van der Waals surface area contributed by atoms with Gasteiger partial charge < -0.3 is 4.98 Å². The van der Waals surface area contributed by atoms with Crippen molar-refractivity contribution >= 4 is 10.9 Å². The minimum atomic E-state index is 1.24. The zero-order valence-corrected chi connectivity index (χ0v) is 10.8. The number of benzene rings is 1. The van der Waals surface area contributed by atoms with Crippen molar-refractivity contribution < 1.29 is 0 Å². The lowest BCUT2D eigenvalue weighted by Gasteiger charge is -1.92. The quantitative estimate of drug-likeness (QED) is 0.633. The zero-order valence-electron chi connectivity index (χ0n) is 10.8. The van der Waals surface area contributed by atoms with Crippen LogP contribution in [0.3, 0.4) is 0 Å². The first-order valence-electron chi connectivity index (χ1n) is 5.82. The van der Waals surface area contributed by atoms with Crippen molar-refractivity contribution in [2.24, 2.45) is 0 Å². The van der Waals surface area contributed by atoms with Gasteiger partial charge in [0.25, 0.3) is 0 Å². The van der Waals surface area contributed by atoms with E-state index in [0.717, 1.165) is 0 Å². The first-order chi connectivity index (χ1) is 7.27. The third kappa shape index (κ3) is 3.43. The Bertz CT molecular complexity index is 385. The molecule has 2 rings (SSSR count). The van der Waals surface area contributed by atoms with Crippen LogP contribution in [0.1, 0.15) is 38.8 Å². The van der Waals surface area contributed by atoms with Gasteiger partial charge >= 0.3 is 0 Å². The lowest BCUT2D eigenvalue weighted by atomic mass is 10.1. The molecule has 1 N–H and O–H groups in total. The molecule has 0 aliphatic carbocycles. The van der Waals surface area contributed by atoms with Gasteiger partial charge in [0.05, 0.1) is 0 Å². The van der Waals surface area contributed by atoms with Gasteiger partial charge in [-0.05, 0) is 31.0 Å². The van der Waals surface area contributed by atoms with Crippen LogP contribution in [0.15, 0.2) is 24.4 Å². The van der Waals surface area contributed by atoms with E-state index in [1.54, 1.807) is 0 Å². The molecule has 0 fully saturated rings. The lowest BCUT2D eigenvalue weighted by Crippen LogP contribution is -1.71. The molecule has 1 aromatic carbocycles. The monoisotopic (exact) mass is 205 g/mol. The molecule has 1 heterocycles. The third-order valence-electron chi connectivity index (χ3n) is 2.04. The van der Waals surface area contributed by atoms with Crippen LogP contribution in [-0.2, 0) is 0 Å². The summed E-state index contributed by atoms with van der Waals surface area (Å²) in [4.78, 5) is 3.23. The Morgan fingerprint density at radius 1 is 0.933 bits per heavy atom. The molecule has 1 heteroatoms. The minimum absolute atomic E-state index is 1.24. The van der Waals surface area contributed by atoms with Gasteiger partial charge in [0.1, 0.15) is 0 Å². The van der Waals surface area contributed by atoms with Crippen LogP contribution in [0.2, 0.25) is 0 Å². The smallest absolute Gasteiger partial charge is 0.0459 e. The van der Waals surface area contributed by atoms with Crippen molar-refractivity contribution in [1.82, 2.24) is 4.98 Å². The van der Waals surface area contributed by atoms with Gasteiger partial charge in [-0.3, -0.25) is 0 Å². The van der Waals surface area contributed by atoms with Crippen LogP contribution in [0.5, 0.6) is 0 Å². The second kappa shape index (κ2) is 7.10. The number of H-pyrrole nitrogens is 1. The number of hydrogen-bond acceptors (Lipinski definition) is 0. The van der Waals surface area contributed by atoms with Gasteiger partial charge in [0, 0.05) is 17.1 Å². The average Bonchev–Trinajstić information content (AvgIpc) is 2.65. The Morgan fingerprint density at radius 2 is 1.53 bits per heavy atom. The van der Waals surface area contributed by atoms with Crippen molar-refractivity contribution in [1.29, 1.82) is 0 Å². The summed E-state index contributed by atoms with van der Waals surface area (Å²) in [6.45, 7) is 12.2. The molecule has 1 aromatic heterocycles. The van der Waals surface area contributed by atoms with E-state index in [0.29, 0.717) is 0 Å². The standard InChI is InChI=1S/C10H11N.2C2H6/c1-7-3-4-9-8(2)6-11-10(9)5-7;2*1-2/h3-6,11H,1-2H3;2*1-2H3. The van der Waals surface area contributed by atoms with Crippen LogP contribution < -0.4 is 0 Å². The van der Waals surface area contributed by atoms with Crippen molar-refractivity contribution in [2.45, 2.75) is 41.5 Å². The Labute approximate surface area is 93.5 Å². The van der Waals surface area contributed by atoms with Gasteiger partial charge in [-0.25, -0.2) is 0 Å². The molecule has 0 unspecified atom stereocenters. The van der Waals surface area contributed by atoms with Crippen molar-refractivity contribution in [3.63, 3.8) is 0 Å². The molecule has 0 saturated carbocycles. The molecule has 0 aliphatic heterocycles. The molecule has 84 valence electrons. The predicted molar refractivity (Wildman–Crippen MR) is 70.5 cm³/mol. The number of hydrogen-bond donors (Lipinski definition) is 1. The molecule has 0 spiro atoms. The molecule has 0 amide bonds. The van der Waals surface area contributed by atoms with E-state index in [-0.39, 0.29) is 0 Å². The summed E-state index contributed by atoms with van der Waals surface area (Å²) in [5.41, 5.74) is 3.86. The van der Waals surface area contributed by atoms with Crippen LogP contribution >= 0.6 is 0 Å². The number of aryl methyl sites for hydroxylation is 2. The third-order valence-corrected chi connectivity index (χ3v) is 2.04. The maximum Gasteiger partial charge on any atom is 0.0459 e. The van der Waals surface area contributed by atoms with Crippen LogP contribution in [0.25, 0.3) is 10.9 Å². The molecule has 1 nitrogen and oxygen atoms in total. The fraction of sp³-hybridized carbons (Fsp3) is 0.429. The molecule has 0 aliphatic rings. The molecular formula is C14H23N. The van der Waals surface area contributed by atoms with Crippen molar-refractivity contribution in [3.8, 4) is 0 Å². The molecule has 2 aromatic rings. The van der Waals surface area contributed by atoms with E-state index >= 15 is 0 Å². The summed E-state index contributed by atoms with van der Waals surface area (Å²) in [7, 11) is 0. The fourth-order valence-electron chi connectivity index (χ4n) is 1.39. The number of nitrogens with one attached hydrogen (secondary N) is 1. The topological polar surface area (TPSA) is 15.8 Å². The lowest BCUT2D eigenvalue weighted by molar-refractivity contribution is 1.42. The molecular weight excluding hydrogens is 182 g/mol. The molecule has 0 saturated heterocycles. The summed E-state index contributed by atoms with van der Waals surface area (Å²) in [6, 6.07) is 6.47. The zero-order chi connectivity index (χ0) is 11.8. The SMILES string of the molecule is CC.CC.Cc1ccc2c(C)c[nH]c2c1. The summed E-state index contributed by atoms with van der Waals surface area (Å²) >= 11 is 0. The van der Waals surface area contributed by atoms with Gasteiger partial charge in [0.15, 0.2) is 0 Å². The number of aromatic amines is 1. The van der Waals surface area contributed by atoms with Gasteiger partial charge in [-0.15, -0.1) is 0 Å². The van der Waals surface area contributed by atoms with E-state index in [4.69, 9.17) is 0 Å². The van der Waals surface area contributed by atoms with E-state index in [1.165, 1.54) is 22.0 Å². The van der Waals surface area contributed by atoms with E-state index in [2.05, 4.69) is 37.0 Å².